The van der Waals surface area contributed by atoms with Crippen LogP contribution in [0.15, 0.2) is 52.3 Å². The average molecular weight is 274 g/mol. The van der Waals surface area contributed by atoms with Crippen molar-refractivity contribution in [1.82, 2.24) is 5.32 Å². The minimum atomic E-state index is 0.0193. The molecule has 2 rings (SSSR count). The maximum atomic E-state index is 9.09. The number of anilines is 1. The highest BCUT2D eigenvalue weighted by molar-refractivity contribution is 7.99. The van der Waals surface area contributed by atoms with Crippen molar-refractivity contribution in [2.45, 2.75) is 22.9 Å². The van der Waals surface area contributed by atoms with Crippen LogP contribution in [0.2, 0.25) is 0 Å². The van der Waals surface area contributed by atoms with Crippen LogP contribution in [0, 0.1) is 0 Å². The Morgan fingerprint density at radius 1 is 1.16 bits per heavy atom. The highest BCUT2D eigenvalue weighted by atomic mass is 32.2. The molecule has 0 spiro atoms. The number of benzene rings is 2. The molecule has 0 saturated heterocycles. The molecule has 100 valence electrons. The summed E-state index contributed by atoms with van der Waals surface area (Å²) in [5, 5.41) is 12.3. The second kappa shape index (κ2) is 6.61. The summed E-state index contributed by atoms with van der Waals surface area (Å²) < 4.78 is 0. The second-order valence-corrected chi connectivity index (χ2v) is 5.35. The van der Waals surface area contributed by atoms with Gasteiger partial charge >= 0.3 is 0 Å². The lowest BCUT2D eigenvalue weighted by Gasteiger charge is -2.11. The van der Waals surface area contributed by atoms with E-state index < -0.39 is 0 Å². The van der Waals surface area contributed by atoms with Crippen LogP contribution in [0.3, 0.4) is 0 Å². The SMILES string of the molecule is CNCc1ccccc1Sc1ccc(CO)cc1N. The van der Waals surface area contributed by atoms with Crippen molar-refractivity contribution in [3.05, 3.63) is 53.6 Å². The van der Waals surface area contributed by atoms with E-state index in [1.807, 2.05) is 37.4 Å². The largest absolute Gasteiger partial charge is 0.398 e. The molecule has 0 amide bonds. The Hall–Kier alpha value is -1.49. The molecular formula is C15H18N2OS. The van der Waals surface area contributed by atoms with Crippen molar-refractivity contribution in [2.75, 3.05) is 12.8 Å². The van der Waals surface area contributed by atoms with E-state index in [0.29, 0.717) is 5.69 Å². The molecule has 0 atom stereocenters. The number of nitrogen functional groups attached to an aromatic ring is 1. The van der Waals surface area contributed by atoms with Crippen molar-refractivity contribution in [2.24, 2.45) is 0 Å². The van der Waals surface area contributed by atoms with E-state index in [0.717, 1.165) is 17.0 Å². The zero-order valence-electron chi connectivity index (χ0n) is 10.9. The van der Waals surface area contributed by atoms with Crippen LogP contribution in [0.1, 0.15) is 11.1 Å². The summed E-state index contributed by atoms with van der Waals surface area (Å²) in [5.74, 6) is 0. The fraction of sp³-hybridized carbons (Fsp3) is 0.200. The molecular weight excluding hydrogens is 256 g/mol. The molecule has 2 aromatic carbocycles. The van der Waals surface area contributed by atoms with Gasteiger partial charge in [0.15, 0.2) is 0 Å². The van der Waals surface area contributed by atoms with Gasteiger partial charge < -0.3 is 16.2 Å². The molecule has 0 radical (unpaired) electrons. The van der Waals surface area contributed by atoms with Crippen molar-refractivity contribution in [3.8, 4) is 0 Å². The van der Waals surface area contributed by atoms with Crippen LogP contribution < -0.4 is 11.1 Å². The molecule has 0 aliphatic rings. The fourth-order valence-electron chi connectivity index (χ4n) is 1.85. The van der Waals surface area contributed by atoms with Crippen molar-refractivity contribution in [1.29, 1.82) is 0 Å². The van der Waals surface area contributed by atoms with Gasteiger partial charge in [0, 0.05) is 22.0 Å². The number of aliphatic hydroxyl groups is 1. The van der Waals surface area contributed by atoms with Crippen molar-refractivity contribution < 1.29 is 5.11 Å². The molecule has 19 heavy (non-hydrogen) atoms. The molecule has 4 N–H and O–H groups in total. The summed E-state index contributed by atoms with van der Waals surface area (Å²) in [6.45, 7) is 0.850. The Morgan fingerprint density at radius 2 is 1.95 bits per heavy atom. The smallest absolute Gasteiger partial charge is 0.0682 e. The van der Waals surface area contributed by atoms with E-state index in [-0.39, 0.29) is 6.61 Å². The zero-order valence-corrected chi connectivity index (χ0v) is 11.7. The van der Waals surface area contributed by atoms with Gasteiger partial charge in [-0.25, -0.2) is 0 Å². The topological polar surface area (TPSA) is 58.3 Å². The lowest BCUT2D eigenvalue weighted by atomic mass is 10.2. The summed E-state index contributed by atoms with van der Waals surface area (Å²) in [4.78, 5) is 2.21. The van der Waals surface area contributed by atoms with E-state index in [1.165, 1.54) is 10.5 Å². The highest BCUT2D eigenvalue weighted by Gasteiger charge is 2.06. The van der Waals surface area contributed by atoms with Gasteiger partial charge in [0.05, 0.1) is 6.61 Å². The zero-order chi connectivity index (χ0) is 13.7. The van der Waals surface area contributed by atoms with Crippen LogP contribution >= 0.6 is 11.8 Å². The van der Waals surface area contributed by atoms with Crippen LogP contribution in [0.4, 0.5) is 5.69 Å². The van der Waals surface area contributed by atoms with Crippen LogP contribution in [-0.2, 0) is 13.2 Å². The van der Waals surface area contributed by atoms with Gasteiger partial charge in [0.2, 0.25) is 0 Å². The quantitative estimate of drug-likeness (QED) is 0.734. The van der Waals surface area contributed by atoms with Gasteiger partial charge in [-0.05, 0) is 36.4 Å². The van der Waals surface area contributed by atoms with Crippen LogP contribution in [0.5, 0.6) is 0 Å². The van der Waals surface area contributed by atoms with Gasteiger partial charge in [0.25, 0.3) is 0 Å². The summed E-state index contributed by atoms with van der Waals surface area (Å²) in [5.41, 5.74) is 8.81. The first kappa shape index (κ1) is 13.9. The predicted octanol–water partition coefficient (Wildman–Crippen LogP) is 2.63. The Balaban J connectivity index is 2.26. The number of nitrogens with one attached hydrogen (secondary N) is 1. The van der Waals surface area contributed by atoms with E-state index in [9.17, 15) is 0 Å². The Kier molecular flexibility index (Phi) is 4.85. The lowest BCUT2D eigenvalue weighted by molar-refractivity contribution is 0.282. The first-order chi connectivity index (χ1) is 9.24. The minimum absolute atomic E-state index is 0.0193. The monoisotopic (exact) mass is 274 g/mol. The van der Waals surface area contributed by atoms with Gasteiger partial charge in [-0.3, -0.25) is 0 Å². The number of nitrogens with two attached hydrogens (primary N) is 1. The van der Waals surface area contributed by atoms with E-state index in [2.05, 4.69) is 17.4 Å². The molecule has 0 aliphatic carbocycles. The number of rotatable bonds is 5. The highest BCUT2D eigenvalue weighted by Crippen LogP contribution is 2.34. The number of aliphatic hydroxyl groups excluding tert-OH is 1. The van der Waals surface area contributed by atoms with E-state index >= 15 is 0 Å². The van der Waals surface area contributed by atoms with Gasteiger partial charge in [-0.1, -0.05) is 36.0 Å². The average Bonchev–Trinajstić information content (AvgIpc) is 2.43. The van der Waals surface area contributed by atoms with Gasteiger partial charge in [-0.15, -0.1) is 0 Å². The summed E-state index contributed by atoms with van der Waals surface area (Å²) in [7, 11) is 1.94. The standard InChI is InChI=1S/C15H18N2OS/c1-17-9-12-4-2-3-5-14(12)19-15-7-6-11(10-18)8-13(15)16/h2-8,17-18H,9-10,16H2,1H3. The molecule has 3 nitrogen and oxygen atoms in total. The molecule has 0 unspecified atom stereocenters. The maximum Gasteiger partial charge on any atom is 0.0682 e. The Labute approximate surface area is 117 Å². The van der Waals surface area contributed by atoms with Crippen molar-refractivity contribution in [3.63, 3.8) is 0 Å². The normalized spacial score (nSPS) is 10.6. The number of hydrogen-bond acceptors (Lipinski definition) is 4. The third-order valence-corrected chi connectivity index (χ3v) is 4.03. The van der Waals surface area contributed by atoms with Crippen LogP contribution in [-0.4, -0.2) is 12.2 Å². The molecule has 0 aliphatic heterocycles. The minimum Gasteiger partial charge on any atom is -0.398 e. The Bertz CT molecular complexity index is 558. The molecule has 2 aromatic rings. The molecule has 0 aromatic heterocycles. The summed E-state index contributed by atoms with van der Waals surface area (Å²) in [6, 6.07) is 14.0. The molecule has 0 fully saturated rings. The molecule has 4 heteroatoms. The molecule has 0 heterocycles. The third kappa shape index (κ3) is 3.50. The van der Waals surface area contributed by atoms with Crippen molar-refractivity contribution >= 4 is 17.4 Å². The summed E-state index contributed by atoms with van der Waals surface area (Å²) in [6.07, 6.45) is 0. The van der Waals surface area contributed by atoms with Gasteiger partial charge in [-0.2, -0.15) is 0 Å². The van der Waals surface area contributed by atoms with E-state index in [4.69, 9.17) is 10.8 Å². The fourth-order valence-corrected chi connectivity index (χ4v) is 2.82. The van der Waals surface area contributed by atoms with Crippen LogP contribution in [0.25, 0.3) is 0 Å². The van der Waals surface area contributed by atoms with Gasteiger partial charge in [0.1, 0.15) is 0 Å². The lowest BCUT2D eigenvalue weighted by Crippen LogP contribution is -2.05. The maximum absolute atomic E-state index is 9.09. The first-order valence-electron chi connectivity index (χ1n) is 6.14. The van der Waals surface area contributed by atoms with E-state index in [1.54, 1.807) is 11.8 Å². The second-order valence-electron chi connectivity index (χ2n) is 4.27. The summed E-state index contributed by atoms with van der Waals surface area (Å²) >= 11 is 1.65. The number of hydrogen-bond donors (Lipinski definition) is 3. The third-order valence-electron chi connectivity index (χ3n) is 2.82. The molecule has 0 bridgehead atoms. The predicted molar refractivity (Wildman–Crippen MR) is 80.1 cm³/mol. The first-order valence-corrected chi connectivity index (χ1v) is 6.96. The molecule has 0 saturated carbocycles. The Morgan fingerprint density at radius 3 is 2.63 bits per heavy atom.